The minimum Gasteiger partial charge on any atom is -0.488 e. The van der Waals surface area contributed by atoms with Crippen LogP contribution in [0.4, 0.5) is 4.39 Å². The lowest BCUT2D eigenvalue weighted by Crippen LogP contribution is -2.02. The van der Waals surface area contributed by atoms with Gasteiger partial charge in [-0.2, -0.15) is 0 Å². The second kappa shape index (κ2) is 5.32. The van der Waals surface area contributed by atoms with Crippen LogP contribution in [0, 0.1) is 12.7 Å². The number of hydrogen-bond acceptors (Lipinski definition) is 2. The Balaban J connectivity index is 1.87. The van der Waals surface area contributed by atoms with E-state index in [2.05, 4.69) is 6.92 Å². The van der Waals surface area contributed by atoms with Gasteiger partial charge in [0.25, 0.3) is 0 Å². The Bertz CT molecular complexity index is 689. The van der Waals surface area contributed by atoms with Gasteiger partial charge < -0.3 is 4.74 Å². The molecule has 0 spiro atoms. The molecule has 0 fully saturated rings. The number of fused-ring (bicyclic) bond motifs is 1. The Morgan fingerprint density at radius 2 is 1.90 bits per heavy atom. The number of hydrogen-bond donors (Lipinski definition) is 0. The fourth-order valence-corrected chi connectivity index (χ4v) is 2.97. The number of carbonyl (C=O) groups excluding carboxylic acids is 1. The maximum absolute atomic E-state index is 12.9. The highest BCUT2D eigenvalue weighted by atomic mass is 19.1. The zero-order valence-electron chi connectivity index (χ0n) is 12.2. The van der Waals surface area contributed by atoms with Crippen LogP contribution in [0.15, 0.2) is 36.4 Å². The summed E-state index contributed by atoms with van der Waals surface area (Å²) in [5.41, 5.74) is 3.85. The standard InChI is InChI=1S/C18H17FO2/c1-11-3-8-16(18-15(20)9-12(2)17(11)18)21-10-13-4-6-14(19)7-5-13/h3-8,12H,9-10H2,1-2H3/t12-/m0/s1. The van der Waals surface area contributed by atoms with E-state index in [0.717, 1.165) is 22.3 Å². The normalized spacial score (nSPS) is 16.9. The molecule has 108 valence electrons. The first-order valence-corrected chi connectivity index (χ1v) is 7.10. The molecule has 2 aromatic rings. The van der Waals surface area contributed by atoms with Crippen LogP contribution in [0.25, 0.3) is 0 Å². The molecule has 0 saturated heterocycles. The van der Waals surface area contributed by atoms with Crippen LogP contribution < -0.4 is 4.74 Å². The van der Waals surface area contributed by atoms with Crippen molar-refractivity contribution < 1.29 is 13.9 Å². The first kappa shape index (κ1) is 13.8. The third kappa shape index (κ3) is 2.56. The fraction of sp³-hybridized carbons (Fsp3) is 0.278. The van der Waals surface area contributed by atoms with Crippen LogP contribution in [0.3, 0.4) is 0 Å². The summed E-state index contributed by atoms with van der Waals surface area (Å²) in [5.74, 6) is 0.769. The number of rotatable bonds is 3. The molecule has 3 rings (SSSR count). The van der Waals surface area contributed by atoms with Crippen LogP contribution in [0.5, 0.6) is 5.75 Å². The summed E-state index contributed by atoms with van der Waals surface area (Å²) in [6.07, 6.45) is 0.549. The summed E-state index contributed by atoms with van der Waals surface area (Å²) in [4.78, 5) is 12.2. The Morgan fingerprint density at radius 3 is 2.62 bits per heavy atom. The first-order valence-electron chi connectivity index (χ1n) is 7.10. The van der Waals surface area contributed by atoms with E-state index >= 15 is 0 Å². The van der Waals surface area contributed by atoms with Crippen LogP contribution in [0.1, 0.15) is 46.3 Å². The van der Waals surface area contributed by atoms with Crippen molar-refractivity contribution >= 4 is 5.78 Å². The predicted octanol–water partition coefficient (Wildman–Crippen LogP) is 4.40. The average molecular weight is 284 g/mol. The highest BCUT2D eigenvalue weighted by Crippen LogP contribution is 2.40. The lowest BCUT2D eigenvalue weighted by Gasteiger charge is -2.13. The highest BCUT2D eigenvalue weighted by molar-refractivity contribution is 6.04. The first-order chi connectivity index (χ1) is 10.1. The number of ether oxygens (including phenoxy) is 1. The van der Waals surface area contributed by atoms with Crippen molar-refractivity contribution in [3.8, 4) is 5.75 Å². The molecule has 0 N–H and O–H groups in total. The van der Waals surface area contributed by atoms with E-state index in [1.165, 1.54) is 12.1 Å². The van der Waals surface area contributed by atoms with E-state index in [4.69, 9.17) is 4.74 Å². The number of ketones is 1. The van der Waals surface area contributed by atoms with Crippen molar-refractivity contribution in [1.29, 1.82) is 0 Å². The van der Waals surface area contributed by atoms with E-state index in [-0.39, 0.29) is 17.5 Å². The van der Waals surface area contributed by atoms with Crippen LogP contribution in [-0.4, -0.2) is 5.78 Å². The summed E-state index contributed by atoms with van der Waals surface area (Å²) in [6, 6.07) is 10.0. The predicted molar refractivity (Wildman–Crippen MR) is 79.3 cm³/mol. The van der Waals surface area contributed by atoms with Crippen LogP contribution >= 0.6 is 0 Å². The summed E-state index contributed by atoms with van der Waals surface area (Å²) in [6.45, 7) is 4.43. The topological polar surface area (TPSA) is 26.3 Å². The van der Waals surface area contributed by atoms with Gasteiger partial charge in [0, 0.05) is 6.42 Å². The second-order valence-corrected chi connectivity index (χ2v) is 5.61. The average Bonchev–Trinajstić information content (AvgIpc) is 2.76. The molecule has 21 heavy (non-hydrogen) atoms. The lowest BCUT2D eigenvalue weighted by atomic mass is 9.97. The van der Waals surface area contributed by atoms with Gasteiger partial charge in [0.2, 0.25) is 0 Å². The zero-order chi connectivity index (χ0) is 15.0. The van der Waals surface area contributed by atoms with Crippen molar-refractivity contribution in [2.24, 2.45) is 0 Å². The largest absolute Gasteiger partial charge is 0.488 e. The molecule has 0 radical (unpaired) electrons. The van der Waals surface area contributed by atoms with E-state index in [9.17, 15) is 9.18 Å². The number of benzene rings is 2. The molecule has 2 nitrogen and oxygen atoms in total. The molecule has 1 aliphatic rings. The van der Waals surface area contributed by atoms with E-state index in [0.29, 0.717) is 18.8 Å². The molecule has 0 aromatic heterocycles. The molecule has 3 heteroatoms. The van der Waals surface area contributed by atoms with Gasteiger partial charge in [-0.05, 0) is 47.7 Å². The Hall–Kier alpha value is -2.16. The van der Waals surface area contributed by atoms with Crippen molar-refractivity contribution in [3.63, 3.8) is 0 Å². The minimum absolute atomic E-state index is 0.148. The molecule has 0 saturated carbocycles. The van der Waals surface area contributed by atoms with E-state index in [1.807, 2.05) is 19.1 Å². The molecular weight excluding hydrogens is 267 g/mol. The number of halogens is 1. The lowest BCUT2D eigenvalue weighted by molar-refractivity contribution is 0.0986. The molecule has 1 atom stereocenters. The summed E-state index contributed by atoms with van der Waals surface area (Å²) < 4.78 is 18.7. The number of Topliss-reactive ketones (excluding diaryl/α,β-unsaturated/α-hetero) is 1. The van der Waals surface area contributed by atoms with Crippen molar-refractivity contribution in [2.75, 3.05) is 0 Å². The van der Waals surface area contributed by atoms with Crippen molar-refractivity contribution in [2.45, 2.75) is 32.8 Å². The Labute approximate surface area is 123 Å². The van der Waals surface area contributed by atoms with Gasteiger partial charge in [-0.3, -0.25) is 4.79 Å². The Kier molecular flexibility index (Phi) is 3.50. The van der Waals surface area contributed by atoms with Crippen LogP contribution in [-0.2, 0) is 6.61 Å². The quantitative estimate of drug-likeness (QED) is 0.835. The van der Waals surface area contributed by atoms with Gasteiger partial charge in [-0.25, -0.2) is 4.39 Å². The monoisotopic (exact) mass is 284 g/mol. The van der Waals surface area contributed by atoms with Crippen LogP contribution in [0.2, 0.25) is 0 Å². The zero-order valence-corrected chi connectivity index (χ0v) is 12.2. The van der Waals surface area contributed by atoms with Gasteiger partial charge in [0.1, 0.15) is 18.2 Å². The van der Waals surface area contributed by atoms with Crippen molar-refractivity contribution in [3.05, 3.63) is 64.5 Å². The maximum atomic E-state index is 12.9. The smallest absolute Gasteiger partial charge is 0.167 e. The summed E-state index contributed by atoms with van der Waals surface area (Å²) >= 11 is 0. The third-order valence-electron chi connectivity index (χ3n) is 4.00. The van der Waals surface area contributed by atoms with Gasteiger partial charge in [0.15, 0.2) is 5.78 Å². The molecule has 0 amide bonds. The van der Waals surface area contributed by atoms with Gasteiger partial charge in [-0.1, -0.05) is 25.1 Å². The SMILES string of the molecule is Cc1ccc(OCc2ccc(F)cc2)c2c1[C@@H](C)CC2=O. The van der Waals surface area contributed by atoms with Gasteiger partial charge in [-0.15, -0.1) is 0 Å². The molecular formula is C18H17FO2. The maximum Gasteiger partial charge on any atom is 0.167 e. The molecule has 2 aromatic carbocycles. The number of carbonyl (C=O) groups is 1. The van der Waals surface area contributed by atoms with Crippen molar-refractivity contribution in [1.82, 2.24) is 0 Å². The van der Waals surface area contributed by atoms with Gasteiger partial charge in [0.05, 0.1) is 5.56 Å². The fourth-order valence-electron chi connectivity index (χ4n) is 2.97. The highest BCUT2D eigenvalue weighted by Gasteiger charge is 2.30. The molecule has 1 aliphatic carbocycles. The summed E-state index contributed by atoms with van der Waals surface area (Å²) in [5, 5.41) is 0. The molecule has 0 heterocycles. The Morgan fingerprint density at radius 1 is 1.19 bits per heavy atom. The molecule has 0 aliphatic heterocycles. The second-order valence-electron chi connectivity index (χ2n) is 5.61. The van der Waals surface area contributed by atoms with E-state index < -0.39 is 0 Å². The third-order valence-corrected chi connectivity index (χ3v) is 4.00. The molecule has 0 unspecified atom stereocenters. The van der Waals surface area contributed by atoms with E-state index in [1.54, 1.807) is 12.1 Å². The van der Waals surface area contributed by atoms with Gasteiger partial charge >= 0.3 is 0 Å². The molecule has 0 bridgehead atoms. The summed E-state index contributed by atoms with van der Waals surface area (Å²) in [7, 11) is 0. The minimum atomic E-state index is -0.265. The number of aryl methyl sites for hydroxylation is 1.